The van der Waals surface area contributed by atoms with E-state index in [1.165, 1.54) is 20.8 Å². The number of carbonyl (C=O) groups is 1. The maximum atomic E-state index is 13.5. The van der Waals surface area contributed by atoms with Gasteiger partial charge in [-0.1, -0.05) is 6.08 Å². The molecule has 0 bridgehead atoms. The van der Waals surface area contributed by atoms with Crippen LogP contribution in [0.15, 0.2) is 56.9 Å². The normalized spacial score (nSPS) is 17.1. The van der Waals surface area contributed by atoms with Crippen molar-refractivity contribution in [2.75, 3.05) is 0 Å². The van der Waals surface area contributed by atoms with Gasteiger partial charge in [0.15, 0.2) is 5.78 Å². The van der Waals surface area contributed by atoms with Crippen molar-refractivity contribution in [1.29, 1.82) is 0 Å². The number of aromatic hydroxyl groups is 2. The molecule has 5 N–H and O–H groups in total. The van der Waals surface area contributed by atoms with Crippen molar-refractivity contribution in [3.05, 3.63) is 69.3 Å². The van der Waals surface area contributed by atoms with Gasteiger partial charge >= 0.3 is 0 Å². The number of phenolic OH excluding ortho intramolecular Hbond substituents is 2. The van der Waals surface area contributed by atoms with E-state index in [1.807, 2.05) is 0 Å². The number of allylic oxidation sites excluding steroid dienone is 2. The van der Waals surface area contributed by atoms with Crippen molar-refractivity contribution in [2.45, 2.75) is 48.7 Å². The fraction of sp³-hybridized carbons (Fsp3) is 0.261. The van der Waals surface area contributed by atoms with Crippen LogP contribution in [-0.2, 0) is 48.0 Å². The van der Waals surface area contributed by atoms with Gasteiger partial charge < -0.3 is 10.2 Å². The van der Waals surface area contributed by atoms with Crippen LogP contribution in [-0.4, -0.2) is 60.2 Å². The highest BCUT2D eigenvalue weighted by molar-refractivity contribution is 7.87. The number of hydrogen-bond acceptors (Lipinski definition) is 9. The fourth-order valence-corrected chi connectivity index (χ4v) is 6.35. The molecule has 1 aliphatic rings. The summed E-state index contributed by atoms with van der Waals surface area (Å²) in [5.74, 6) is -1.62. The second kappa shape index (κ2) is 9.91. The van der Waals surface area contributed by atoms with E-state index in [9.17, 15) is 53.9 Å². The van der Waals surface area contributed by atoms with Crippen LogP contribution >= 0.6 is 0 Å². The Kier molecular flexibility index (Phi) is 7.68. The van der Waals surface area contributed by atoms with Gasteiger partial charge in [0.2, 0.25) is 0 Å². The zero-order chi connectivity index (χ0) is 29.0. The molecule has 206 valence electrons. The molecule has 1 unspecified atom stereocenters. The maximum absolute atomic E-state index is 13.5. The minimum Gasteiger partial charge on any atom is -0.507 e. The lowest BCUT2D eigenvalue weighted by Gasteiger charge is -2.24. The highest BCUT2D eigenvalue weighted by atomic mass is 32.2. The van der Waals surface area contributed by atoms with E-state index >= 15 is 0 Å². The lowest BCUT2D eigenvalue weighted by atomic mass is 9.84. The second-order valence-corrected chi connectivity index (χ2v) is 13.3. The predicted molar refractivity (Wildman–Crippen MR) is 134 cm³/mol. The Bertz CT molecular complexity index is 1750. The number of hydrogen-bond donors (Lipinski definition) is 5. The first kappa shape index (κ1) is 29.5. The Morgan fingerprint density at radius 3 is 1.53 bits per heavy atom. The number of Topliss-reactive ketones (excluding diaryl/α,β-unsaturated/α-hetero) is 1. The number of rotatable bonds is 7. The van der Waals surface area contributed by atoms with E-state index in [0.717, 1.165) is 30.3 Å². The minimum atomic E-state index is -4.83. The Balaban J connectivity index is 2.17. The number of phenols is 2. The van der Waals surface area contributed by atoms with Crippen LogP contribution in [0, 0.1) is 13.8 Å². The Labute approximate surface area is 219 Å². The monoisotopic (exact) mass is 588 g/mol. The molecular weight excluding hydrogens is 564 g/mol. The summed E-state index contributed by atoms with van der Waals surface area (Å²) in [5, 5.41) is 19.2. The van der Waals surface area contributed by atoms with Gasteiger partial charge in [-0.15, -0.1) is 0 Å². The largest absolute Gasteiger partial charge is 0.507 e. The molecule has 15 heteroatoms. The third-order valence-corrected chi connectivity index (χ3v) is 8.99. The average molecular weight is 589 g/mol. The molecule has 0 saturated heterocycles. The lowest BCUT2D eigenvalue weighted by Crippen LogP contribution is -2.29. The summed E-state index contributed by atoms with van der Waals surface area (Å²) in [4.78, 5) is 12.3. The van der Waals surface area contributed by atoms with Crippen molar-refractivity contribution in [2.24, 2.45) is 0 Å². The number of carbonyl (C=O) groups excluding carboxylic acids is 1. The van der Waals surface area contributed by atoms with E-state index in [-0.39, 0.29) is 39.0 Å². The van der Waals surface area contributed by atoms with Gasteiger partial charge in [0.25, 0.3) is 30.4 Å². The molecule has 12 nitrogen and oxygen atoms in total. The molecule has 0 fully saturated rings. The zero-order valence-corrected chi connectivity index (χ0v) is 22.6. The molecule has 2 aromatic carbocycles. The first-order chi connectivity index (χ1) is 17.2. The molecule has 2 aromatic rings. The van der Waals surface area contributed by atoms with Crippen LogP contribution in [0.5, 0.6) is 11.5 Å². The van der Waals surface area contributed by atoms with Gasteiger partial charge in [0.1, 0.15) is 16.7 Å². The van der Waals surface area contributed by atoms with Crippen LogP contribution in [0.3, 0.4) is 0 Å². The first-order valence-electron chi connectivity index (χ1n) is 10.7. The van der Waals surface area contributed by atoms with E-state index < -0.39 is 75.5 Å². The third kappa shape index (κ3) is 5.98. The van der Waals surface area contributed by atoms with Gasteiger partial charge in [0.05, 0.1) is 9.79 Å². The molecule has 0 amide bonds. The number of benzene rings is 2. The van der Waals surface area contributed by atoms with E-state index in [1.54, 1.807) is 0 Å². The van der Waals surface area contributed by atoms with Crippen LogP contribution in [0.2, 0.25) is 0 Å². The van der Waals surface area contributed by atoms with Crippen molar-refractivity contribution < 1.29 is 53.9 Å². The van der Waals surface area contributed by atoms with Gasteiger partial charge in [-0.25, -0.2) is 0 Å². The van der Waals surface area contributed by atoms with E-state index in [0.29, 0.717) is 0 Å². The van der Waals surface area contributed by atoms with Crippen LogP contribution in [0.4, 0.5) is 0 Å². The molecule has 0 aliphatic heterocycles. The summed E-state index contributed by atoms with van der Waals surface area (Å²) in [5.41, 5.74) is -0.810. The van der Waals surface area contributed by atoms with Crippen molar-refractivity contribution in [3.63, 3.8) is 0 Å². The topological polar surface area (TPSA) is 221 Å². The molecule has 1 aliphatic carbocycles. The minimum absolute atomic E-state index is 0.0414. The SMILES string of the molecule is CC1=C(Cc2cc(S(=O)(=O)O)cc(C)c2O)C(=O)C(Cc2cc(S(=O)(=O)O)cc(C)c2O)=CC1S(=O)(=O)O. The van der Waals surface area contributed by atoms with Gasteiger partial charge in [-0.3, -0.25) is 18.5 Å². The summed E-state index contributed by atoms with van der Waals surface area (Å²) < 4.78 is 99.5. The van der Waals surface area contributed by atoms with Crippen molar-refractivity contribution in [1.82, 2.24) is 0 Å². The summed E-state index contributed by atoms with van der Waals surface area (Å²) in [7, 11) is -14.2. The Morgan fingerprint density at radius 1 is 0.711 bits per heavy atom. The molecule has 0 aromatic heterocycles. The summed E-state index contributed by atoms with van der Waals surface area (Å²) in [6, 6.07) is 3.81. The van der Waals surface area contributed by atoms with Gasteiger partial charge in [-0.05, 0) is 61.7 Å². The number of ketones is 1. The molecule has 0 saturated carbocycles. The Hall–Kier alpha value is -3.08. The van der Waals surface area contributed by atoms with Crippen LogP contribution in [0.1, 0.15) is 29.2 Å². The van der Waals surface area contributed by atoms with Crippen molar-refractivity contribution >= 4 is 36.1 Å². The smallest absolute Gasteiger partial charge is 0.294 e. The first-order valence-corrected chi connectivity index (χ1v) is 15.1. The molecule has 1 atom stereocenters. The second-order valence-electron chi connectivity index (χ2n) is 8.92. The molecule has 0 radical (unpaired) electrons. The molecular formula is C23H24O12S3. The van der Waals surface area contributed by atoms with Gasteiger partial charge in [0, 0.05) is 35.1 Å². The number of aryl methyl sites for hydroxylation is 2. The highest BCUT2D eigenvalue weighted by Crippen LogP contribution is 2.36. The lowest BCUT2D eigenvalue weighted by molar-refractivity contribution is -0.112. The third-order valence-electron chi connectivity index (χ3n) is 6.19. The summed E-state index contributed by atoms with van der Waals surface area (Å²) in [6.45, 7) is 3.93. The highest BCUT2D eigenvalue weighted by Gasteiger charge is 2.35. The summed E-state index contributed by atoms with van der Waals surface area (Å²) >= 11 is 0. The molecule has 0 spiro atoms. The molecule has 0 heterocycles. The molecule has 38 heavy (non-hydrogen) atoms. The zero-order valence-electron chi connectivity index (χ0n) is 20.2. The maximum Gasteiger partial charge on any atom is 0.294 e. The van der Waals surface area contributed by atoms with Gasteiger partial charge in [-0.2, -0.15) is 25.3 Å². The van der Waals surface area contributed by atoms with E-state index in [4.69, 9.17) is 0 Å². The van der Waals surface area contributed by atoms with Crippen LogP contribution < -0.4 is 0 Å². The Morgan fingerprint density at radius 2 is 1.13 bits per heavy atom. The fourth-order valence-electron chi connectivity index (χ4n) is 4.19. The van der Waals surface area contributed by atoms with Crippen molar-refractivity contribution in [3.8, 4) is 11.5 Å². The van der Waals surface area contributed by atoms with E-state index in [2.05, 4.69) is 0 Å². The molecule has 3 rings (SSSR count). The quantitative estimate of drug-likeness (QED) is 0.293. The van der Waals surface area contributed by atoms with Crippen LogP contribution in [0.25, 0.3) is 0 Å². The summed E-state index contributed by atoms with van der Waals surface area (Å²) in [6.07, 6.45) is -0.0705. The average Bonchev–Trinajstić information content (AvgIpc) is 2.76. The standard InChI is InChI=1S/C23H24O12S3/c1-11-4-17(36(27,28)29)7-14(21(11)24)6-15-10-20(38(33,34)35)13(3)19(23(15)26)9-16-8-18(37(30,31)32)5-12(2)22(16)25/h4-5,7-8,10,20,24-25H,6,9H2,1-3H3,(H,27,28,29)(H,30,31,32)(H,33,34,35). The predicted octanol–water partition coefficient (Wildman–Crippen LogP) is 2.08.